The standard InChI is InChI=1S/C14H15N3O6.C14H17N3O4.CH3F.CH4/c1-15-12(18)7-23-11-5-8-4-9(17(20)21)6-10(22-3)13(8)16(2)14(11)19;1-16-12(18)7-21-11-5-8-4-9(15)6-10(20-3)13(8)17(2)14(11)19;1-2;/h4-6H,7H2,1-3H3,(H,15,18);4-6H,7,15H2,1-3H3,(H,16,18);1H3;1H4/i;;1D;. The normalized spacial score (nSPS) is 10.1. The summed E-state index contributed by atoms with van der Waals surface area (Å²) in [5.41, 5.74) is 6.33. The number of hydrogen-bond donors (Lipinski definition) is 3. The monoisotopic (exact) mass is 663 g/mol. The van der Waals surface area contributed by atoms with Crippen molar-refractivity contribution in [2.24, 2.45) is 14.1 Å². The van der Waals surface area contributed by atoms with E-state index in [-0.39, 0.29) is 55.0 Å². The lowest BCUT2D eigenvalue weighted by Gasteiger charge is -2.13. The number of halogens is 1. The molecule has 0 saturated carbocycles. The molecule has 0 unspecified atom stereocenters. The van der Waals surface area contributed by atoms with Gasteiger partial charge in [-0.15, -0.1) is 0 Å². The number of carbonyl (C=O) groups is 2. The van der Waals surface area contributed by atoms with Gasteiger partial charge in [-0.25, -0.2) is 0 Å². The van der Waals surface area contributed by atoms with Crippen LogP contribution in [0.15, 0.2) is 46.0 Å². The van der Waals surface area contributed by atoms with Crippen molar-refractivity contribution in [2.75, 3.05) is 54.4 Å². The molecule has 0 bridgehead atoms. The Morgan fingerprint density at radius 3 is 1.64 bits per heavy atom. The van der Waals surface area contributed by atoms with E-state index in [0.717, 1.165) is 0 Å². The molecule has 4 aromatic rings. The minimum Gasteiger partial charge on any atom is -0.494 e. The average molecular weight is 664 g/mol. The van der Waals surface area contributed by atoms with Gasteiger partial charge in [0.05, 0.1) is 44.8 Å². The zero-order chi connectivity index (χ0) is 35.4. The number of pyridine rings is 2. The van der Waals surface area contributed by atoms with E-state index in [2.05, 4.69) is 10.6 Å². The molecule has 47 heavy (non-hydrogen) atoms. The first-order valence-electron chi connectivity index (χ1n) is 13.8. The van der Waals surface area contributed by atoms with Crippen molar-refractivity contribution in [2.45, 2.75) is 7.43 Å². The lowest BCUT2D eigenvalue weighted by molar-refractivity contribution is -0.384. The van der Waals surface area contributed by atoms with Gasteiger partial charge in [-0.2, -0.15) is 0 Å². The van der Waals surface area contributed by atoms with E-state index in [4.69, 9.17) is 26.1 Å². The smallest absolute Gasteiger partial charge is 0.293 e. The van der Waals surface area contributed by atoms with E-state index in [0.29, 0.717) is 33.2 Å². The number of non-ortho nitro benzene ring substituents is 1. The molecule has 0 aliphatic heterocycles. The van der Waals surface area contributed by atoms with Crippen molar-refractivity contribution in [3.05, 3.63) is 67.2 Å². The van der Waals surface area contributed by atoms with Crippen LogP contribution in [0.1, 0.15) is 8.80 Å². The Kier molecular flexibility index (Phi) is 14.0. The van der Waals surface area contributed by atoms with Gasteiger partial charge < -0.3 is 44.4 Å². The summed E-state index contributed by atoms with van der Waals surface area (Å²) in [7, 11) is 7.91. The molecule has 0 aliphatic rings. The van der Waals surface area contributed by atoms with E-state index in [1.807, 2.05) is 0 Å². The number of likely N-dealkylation sites (N-methyl/N-ethyl adjacent to an activating group) is 2. The van der Waals surface area contributed by atoms with Crippen molar-refractivity contribution in [3.63, 3.8) is 0 Å². The van der Waals surface area contributed by atoms with Crippen LogP contribution in [0, 0.1) is 10.1 Å². The number of nitro benzene ring substituents is 1. The number of carbonyl (C=O) groups excluding carboxylic acids is 2. The third-order valence-electron chi connectivity index (χ3n) is 6.42. The van der Waals surface area contributed by atoms with Crippen LogP contribution in [0.25, 0.3) is 21.8 Å². The van der Waals surface area contributed by atoms with Gasteiger partial charge in [0.1, 0.15) is 11.5 Å². The van der Waals surface area contributed by atoms with E-state index >= 15 is 0 Å². The highest BCUT2D eigenvalue weighted by atomic mass is 19.1. The third-order valence-corrected chi connectivity index (χ3v) is 6.42. The molecule has 2 aromatic carbocycles. The van der Waals surface area contributed by atoms with Gasteiger partial charge in [0.15, 0.2) is 24.7 Å². The summed E-state index contributed by atoms with van der Waals surface area (Å²) in [4.78, 5) is 57.4. The maximum atomic E-state index is 12.3. The molecule has 0 saturated heterocycles. The Morgan fingerprint density at radius 2 is 1.26 bits per heavy atom. The van der Waals surface area contributed by atoms with Crippen LogP contribution < -0.4 is 46.4 Å². The summed E-state index contributed by atoms with van der Waals surface area (Å²) in [6.45, 7) is -0.556. The predicted molar refractivity (Wildman–Crippen MR) is 175 cm³/mol. The lowest BCUT2D eigenvalue weighted by Crippen LogP contribution is -2.27. The van der Waals surface area contributed by atoms with Crippen LogP contribution in [0.5, 0.6) is 23.0 Å². The SMILES string of the molecule is C.CNC(=O)COc1cc2cc(N)cc(OC)c2n(C)c1=O.CNC(=O)COc1cc2cc([N+](=O)[O-])cc(OC)c2n(C)c1=O.[2H]CF. The molecule has 4 rings (SSSR count). The largest absolute Gasteiger partial charge is 0.494 e. The summed E-state index contributed by atoms with van der Waals surface area (Å²) in [5, 5.41) is 16.9. The van der Waals surface area contributed by atoms with Gasteiger partial charge in [0.25, 0.3) is 28.6 Å². The van der Waals surface area contributed by atoms with Gasteiger partial charge in [0, 0.05) is 56.8 Å². The predicted octanol–water partition coefficient (Wildman–Crippen LogP) is 2.06. The maximum absolute atomic E-state index is 12.3. The summed E-state index contributed by atoms with van der Waals surface area (Å²) >= 11 is 0. The van der Waals surface area contributed by atoms with Crippen molar-refractivity contribution >= 4 is 45.0 Å². The summed E-state index contributed by atoms with van der Waals surface area (Å²) in [5.74, 6) is -0.00687. The number of nitro groups is 1. The van der Waals surface area contributed by atoms with Crippen LogP contribution >= 0.6 is 0 Å². The van der Waals surface area contributed by atoms with Crippen molar-refractivity contribution in [1.82, 2.24) is 19.8 Å². The molecule has 2 aromatic heterocycles. The second kappa shape index (κ2) is 17.6. The first-order chi connectivity index (χ1) is 22.3. The molecule has 2 heterocycles. The van der Waals surface area contributed by atoms with Crippen molar-refractivity contribution in [1.29, 1.82) is 0 Å². The summed E-state index contributed by atoms with van der Waals surface area (Å²) < 4.78 is 39.0. The van der Waals surface area contributed by atoms with E-state index < -0.39 is 23.5 Å². The topological polar surface area (TPSA) is 208 Å². The first-order valence-corrected chi connectivity index (χ1v) is 13.1. The summed E-state index contributed by atoms with van der Waals surface area (Å²) in [6, 6.07) is 8.82. The highest BCUT2D eigenvalue weighted by Gasteiger charge is 2.18. The van der Waals surface area contributed by atoms with Crippen LogP contribution in [0.2, 0.25) is 0 Å². The molecule has 2 amide bonds. The Balaban J connectivity index is 0.000000437. The number of aromatic nitrogens is 2. The number of aryl methyl sites for hydroxylation is 2. The van der Waals surface area contributed by atoms with Crippen LogP contribution in [-0.2, 0) is 23.7 Å². The van der Waals surface area contributed by atoms with Gasteiger partial charge in [0.2, 0.25) is 0 Å². The zero-order valence-corrected chi connectivity index (χ0v) is 26.0. The van der Waals surface area contributed by atoms with E-state index in [1.165, 1.54) is 62.7 Å². The molecule has 16 nitrogen and oxygen atoms in total. The fourth-order valence-corrected chi connectivity index (χ4v) is 4.20. The van der Waals surface area contributed by atoms with Crippen LogP contribution in [0.4, 0.5) is 15.8 Å². The second-order valence-electron chi connectivity index (χ2n) is 9.17. The molecule has 17 heteroatoms. The summed E-state index contributed by atoms with van der Waals surface area (Å²) in [6.07, 6.45) is 0. The number of ether oxygens (including phenoxy) is 4. The number of fused-ring (bicyclic) bond motifs is 2. The molecule has 0 radical (unpaired) electrons. The molecule has 0 spiro atoms. The number of nitrogen functional groups attached to an aromatic ring is 1. The first kappa shape index (κ1) is 37.3. The number of amides is 2. The highest BCUT2D eigenvalue weighted by molar-refractivity contribution is 5.90. The second-order valence-corrected chi connectivity index (χ2v) is 9.17. The number of nitrogens with one attached hydrogen (secondary N) is 2. The Bertz CT molecular complexity index is 1900. The van der Waals surface area contributed by atoms with Crippen molar-refractivity contribution < 1.29 is 39.2 Å². The number of alkyl halides is 1. The minimum absolute atomic E-state index is 0. The third kappa shape index (κ3) is 9.09. The maximum Gasteiger partial charge on any atom is 0.293 e. The number of nitrogens with zero attached hydrogens (tertiary/aromatic N) is 3. The van der Waals surface area contributed by atoms with E-state index in [1.54, 1.807) is 25.2 Å². The number of methoxy groups -OCH3 is 2. The molecule has 4 N–H and O–H groups in total. The number of nitrogens with two attached hydrogens (primary N) is 1. The Morgan fingerprint density at radius 1 is 0.851 bits per heavy atom. The molecule has 0 aliphatic carbocycles. The van der Waals surface area contributed by atoms with Gasteiger partial charge >= 0.3 is 0 Å². The average Bonchev–Trinajstić information content (AvgIpc) is 3.05. The Labute approximate surface area is 270 Å². The molecule has 0 atom stereocenters. The lowest BCUT2D eigenvalue weighted by atomic mass is 10.1. The fourth-order valence-electron chi connectivity index (χ4n) is 4.20. The zero-order valence-electron chi connectivity index (χ0n) is 27.0. The van der Waals surface area contributed by atoms with E-state index in [9.17, 15) is 33.7 Å². The number of rotatable bonds is 9. The quantitative estimate of drug-likeness (QED) is 0.134. The molecular formula is C30H39FN6O10. The highest BCUT2D eigenvalue weighted by Crippen LogP contribution is 2.32. The molecule has 0 fully saturated rings. The fraction of sp³-hybridized carbons (Fsp3) is 0.333. The van der Waals surface area contributed by atoms with Gasteiger partial charge in [-0.3, -0.25) is 33.7 Å². The van der Waals surface area contributed by atoms with Gasteiger partial charge in [-0.05, 0) is 18.2 Å². The molecule has 256 valence electrons. The minimum atomic E-state index is -1.00. The number of benzene rings is 2. The number of hydrogen-bond acceptors (Lipinski definition) is 11. The van der Waals surface area contributed by atoms with Crippen LogP contribution in [-0.4, -0.2) is 74.6 Å². The van der Waals surface area contributed by atoms with Crippen LogP contribution in [0.3, 0.4) is 0 Å². The van der Waals surface area contributed by atoms with Crippen molar-refractivity contribution in [3.8, 4) is 23.0 Å². The molecular weight excluding hydrogens is 623 g/mol. The Hall–Kier alpha value is -5.87. The van der Waals surface area contributed by atoms with Gasteiger partial charge in [-0.1, -0.05) is 7.43 Å². The number of anilines is 1.